The third-order valence-corrected chi connectivity index (χ3v) is 5.23. The summed E-state index contributed by atoms with van der Waals surface area (Å²) < 4.78 is 5.07. The molecule has 1 aromatic rings. The van der Waals surface area contributed by atoms with Gasteiger partial charge in [-0.05, 0) is 37.8 Å². The molecule has 2 heterocycles. The van der Waals surface area contributed by atoms with Crippen molar-refractivity contribution in [2.24, 2.45) is 0 Å². The maximum atomic E-state index is 12.5. The molecule has 23 heavy (non-hydrogen) atoms. The van der Waals surface area contributed by atoms with Gasteiger partial charge < -0.3 is 9.64 Å². The Morgan fingerprint density at radius 2 is 1.87 bits per heavy atom. The van der Waals surface area contributed by atoms with Crippen LogP contribution in [0.4, 0.5) is 0 Å². The van der Waals surface area contributed by atoms with Gasteiger partial charge >= 0.3 is 0 Å². The molecule has 0 radical (unpaired) electrons. The minimum absolute atomic E-state index is 0.265. The van der Waals surface area contributed by atoms with Crippen molar-refractivity contribution in [3.63, 3.8) is 0 Å². The van der Waals surface area contributed by atoms with E-state index in [0.29, 0.717) is 25.1 Å². The number of hydrogen-bond acceptors (Lipinski definition) is 3. The van der Waals surface area contributed by atoms with Crippen LogP contribution in [0, 0.1) is 0 Å². The minimum atomic E-state index is 0.265. The molecule has 3 rings (SSSR count). The van der Waals surface area contributed by atoms with Gasteiger partial charge in [0.15, 0.2) is 0 Å². The fourth-order valence-corrected chi connectivity index (χ4v) is 4.14. The van der Waals surface area contributed by atoms with Crippen molar-refractivity contribution in [1.82, 2.24) is 9.80 Å². The summed E-state index contributed by atoms with van der Waals surface area (Å²) in [6.07, 6.45) is 5.26. The topological polar surface area (TPSA) is 32.8 Å². The molecule has 0 unspecified atom stereocenters. The van der Waals surface area contributed by atoms with Crippen molar-refractivity contribution < 1.29 is 9.53 Å². The Labute approximate surface area is 139 Å². The van der Waals surface area contributed by atoms with E-state index in [4.69, 9.17) is 4.74 Å². The lowest BCUT2D eigenvalue weighted by Crippen LogP contribution is -2.48. The van der Waals surface area contributed by atoms with E-state index in [-0.39, 0.29) is 5.91 Å². The van der Waals surface area contributed by atoms with Crippen LogP contribution in [-0.2, 0) is 16.1 Å². The van der Waals surface area contributed by atoms with Crippen molar-refractivity contribution in [3.05, 3.63) is 35.9 Å². The van der Waals surface area contributed by atoms with Crippen molar-refractivity contribution in [1.29, 1.82) is 0 Å². The summed E-state index contributed by atoms with van der Waals surface area (Å²) in [7, 11) is 1.66. The summed E-state index contributed by atoms with van der Waals surface area (Å²) in [5, 5.41) is 0. The number of hydrogen-bond donors (Lipinski definition) is 0. The van der Waals surface area contributed by atoms with E-state index in [1.165, 1.54) is 18.4 Å². The van der Waals surface area contributed by atoms with Gasteiger partial charge in [0.1, 0.15) is 0 Å². The first-order valence-corrected chi connectivity index (χ1v) is 8.86. The number of nitrogens with zero attached hydrogens (tertiary/aromatic N) is 2. The molecule has 0 spiro atoms. The van der Waals surface area contributed by atoms with Crippen LogP contribution in [0.5, 0.6) is 0 Å². The molecular weight excluding hydrogens is 288 g/mol. The van der Waals surface area contributed by atoms with Crippen molar-refractivity contribution in [2.45, 2.75) is 50.7 Å². The van der Waals surface area contributed by atoms with Crippen LogP contribution in [0.1, 0.15) is 37.7 Å². The molecule has 1 amide bonds. The monoisotopic (exact) mass is 316 g/mol. The van der Waals surface area contributed by atoms with E-state index in [0.717, 1.165) is 32.5 Å². The zero-order valence-corrected chi connectivity index (χ0v) is 14.1. The first kappa shape index (κ1) is 16.5. The average molecular weight is 316 g/mol. The van der Waals surface area contributed by atoms with Crippen LogP contribution < -0.4 is 0 Å². The Bertz CT molecular complexity index is 505. The highest BCUT2D eigenvalue weighted by Gasteiger charge is 2.39. The molecular formula is C19H28N2O2. The zero-order valence-electron chi connectivity index (χ0n) is 14.1. The predicted octanol–water partition coefficient (Wildman–Crippen LogP) is 2.68. The lowest BCUT2D eigenvalue weighted by Gasteiger charge is -2.35. The van der Waals surface area contributed by atoms with E-state index in [2.05, 4.69) is 40.1 Å². The van der Waals surface area contributed by atoms with Gasteiger partial charge in [0, 0.05) is 32.3 Å². The zero-order chi connectivity index (χ0) is 16.1. The second-order valence-corrected chi connectivity index (χ2v) is 6.71. The first-order valence-electron chi connectivity index (χ1n) is 8.86. The smallest absolute Gasteiger partial charge is 0.225 e. The van der Waals surface area contributed by atoms with Crippen LogP contribution in [0.25, 0.3) is 0 Å². The van der Waals surface area contributed by atoms with Gasteiger partial charge in [-0.3, -0.25) is 9.69 Å². The summed E-state index contributed by atoms with van der Waals surface area (Å²) in [4.78, 5) is 17.2. The summed E-state index contributed by atoms with van der Waals surface area (Å²) >= 11 is 0. The second kappa shape index (κ2) is 7.93. The third kappa shape index (κ3) is 3.93. The van der Waals surface area contributed by atoms with E-state index in [9.17, 15) is 4.79 Å². The number of ether oxygens (including phenoxy) is 1. The van der Waals surface area contributed by atoms with Gasteiger partial charge in [0.05, 0.1) is 13.0 Å². The predicted molar refractivity (Wildman–Crippen MR) is 91.1 cm³/mol. The number of carbonyl (C=O) groups excluding carboxylic acids is 1. The molecule has 2 fully saturated rings. The Hall–Kier alpha value is -1.39. The van der Waals surface area contributed by atoms with Crippen LogP contribution in [0.15, 0.2) is 30.3 Å². The van der Waals surface area contributed by atoms with Gasteiger partial charge in [-0.1, -0.05) is 30.3 Å². The highest BCUT2D eigenvalue weighted by molar-refractivity contribution is 5.77. The number of rotatable bonds is 6. The van der Waals surface area contributed by atoms with E-state index >= 15 is 0 Å². The molecule has 0 aliphatic carbocycles. The Morgan fingerprint density at radius 3 is 2.65 bits per heavy atom. The lowest BCUT2D eigenvalue weighted by atomic mass is 10.0. The second-order valence-electron chi connectivity index (χ2n) is 6.71. The van der Waals surface area contributed by atoms with Gasteiger partial charge in [-0.2, -0.15) is 0 Å². The molecule has 4 nitrogen and oxygen atoms in total. The number of methoxy groups -OCH3 is 1. The standard InChI is InChI=1S/C19H28N2O2/c1-23-14-11-19(22)21-13-6-10-18(21)17-9-5-12-20(17)15-16-7-3-2-4-8-16/h2-4,7-8,17-18H,5-6,9-15H2,1H3/t17-,18-/m1/s1. The van der Waals surface area contributed by atoms with Gasteiger partial charge in [0.25, 0.3) is 0 Å². The maximum absolute atomic E-state index is 12.5. The van der Waals surface area contributed by atoms with Crippen LogP contribution >= 0.6 is 0 Å². The molecule has 4 heteroatoms. The Kier molecular flexibility index (Phi) is 5.68. The van der Waals surface area contributed by atoms with Crippen molar-refractivity contribution >= 4 is 5.91 Å². The van der Waals surface area contributed by atoms with Crippen molar-refractivity contribution in [3.8, 4) is 0 Å². The van der Waals surface area contributed by atoms with Gasteiger partial charge in [0.2, 0.25) is 5.91 Å². The minimum Gasteiger partial charge on any atom is -0.384 e. The number of amides is 1. The SMILES string of the molecule is COCCC(=O)N1CCC[C@@H]1[C@H]1CCCN1Cc1ccccc1. The maximum Gasteiger partial charge on any atom is 0.225 e. The molecule has 1 aromatic carbocycles. The Morgan fingerprint density at radius 1 is 1.13 bits per heavy atom. The fourth-order valence-electron chi connectivity index (χ4n) is 4.14. The number of likely N-dealkylation sites (tertiary alicyclic amines) is 2. The molecule has 2 aliphatic rings. The van der Waals surface area contributed by atoms with E-state index in [1.54, 1.807) is 7.11 Å². The highest BCUT2D eigenvalue weighted by atomic mass is 16.5. The van der Waals surface area contributed by atoms with Gasteiger partial charge in [-0.25, -0.2) is 0 Å². The van der Waals surface area contributed by atoms with Crippen LogP contribution in [-0.4, -0.2) is 54.6 Å². The number of carbonyl (C=O) groups is 1. The third-order valence-electron chi connectivity index (χ3n) is 5.23. The first-order chi connectivity index (χ1) is 11.3. The summed E-state index contributed by atoms with van der Waals surface area (Å²) in [5.74, 6) is 0.265. The molecule has 0 bridgehead atoms. The average Bonchev–Trinajstić information content (AvgIpc) is 3.22. The molecule has 0 aromatic heterocycles. The summed E-state index contributed by atoms with van der Waals surface area (Å²) in [5.41, 5.74) is 1.37. The summed E-state index contributed by atoms with van der Waals surface area (Å²) in [6.45, 7) is 3.60. The molecule has 0 saturated carbocycles. The van der Waals surface area contributed by atoms with E-state index in [1.807, 2.05) is 0 Å². The van der Waals surface area contributed by atoms with E-state index < -0.39 is 0 Å². The largest absolute Gasteiger partial charge is 0.384 e. The Balaban J connectivity index is 1.65. The molecule has 126 valence electrons. The highest BCUT2D eigenvalue weighted by Crippen LogP contribution is 2.31. The van der Waals surface area contributed by atoms with Crippen LogP contribution in [0.2, 0.25) is 0 Å². The summed E-state index contributed by atoms with van der Waals surface area (Å²) in [6, 6.07) is 11.6. The van der Waals surface area contributed by atoms with Crippen molar-refractivity contribution in [2.75, 3.05) is 26.8 Å². The molecule has 2 saturated heterocycles. The van der Waals surface area contributed by atoms with Gasteiger partial charge in [-0.15, -0.1) is 0 Å². The quantitative estimate of drug-likeness (QED) is 0.809. The lowest BCUT2D eigenvalue weighted by molar-refractivity contribution is -0.134. The number of benzene rings is 1. The molecule has 0 N–H and O–H groups in total. The molecule has 2 atom stereocenters. The normalized spacial score (nSPS) is 25.2. The van der Waals surface area contributed by atoms with Crippen LogP contribution in [0.3, 0.4) is 0 Å². The fraction of sp³-hybridized carbons (Fsp3) is 0.632. The molecule has 2 aliphatic heterocycles.